The van der Waals surface area contributed by atoms with E-state index in [1.165, 1.54) is 6.07 Å². The maximum atomic E-state index is 12.9. The van der Waals surface area contributed by atoms with Crippen LogP contribution in [-0.4, -0.2) is 33.7 Å². The van der Waals surface area contributed by atoms with Gasteiger partial charge in [0.05, 0.1) is 29.8 Å². The first-order chi connectivity index (χ1) is 14.0. The summed E-state index contributed by atoms with van der Waals surface area (Å²) < 4.78 is 69.3. The Morgan fingerprint density at radius 1 is 1.13 bits per heavy atom. The number of nitrogens with one attached hydrogen (secondary N) is 1. The summed E-state index contributed by atoms with van der Waals surface area (Å²) in [6.07, 6.45) is -3.59. The van der Waals surface area contributed by atoms with Crippen LogP contribution in [0.2, 0.25) is 0 Å². The second-order valence-electron chi connectivity index (χ2n) is 6.46. The molecule has 0 radical (unpaired) electrons. The Labute approximate surface area is 173 Å². The molecule has 0 fully saturated rings. The fourth-order valence-electron chi connectivity index (χ4n) is 2.77. The fraction of sp³-hybridized carbons (Fsp3) is 0.350. The first-order valence-corrected chi connectivity index (χ1v) is 11.0. The van der Waals surface area contributed by atoms with Gasteiger partial charge in [0.15, 0.2) is 0 Å². The molecule has 0 aliphatic carbocycles. The number of carbonyl (C=O) groups is 1. The van der Waals surface area contributed by atoms with Gasteiger partial charge < -0.3 is 10.1 Å². The number of benzene rings is 2. The van der Waals surface area contributed by atoms with Crippen LogP contribution in [0, 0.1) is 0 Å². The first-order valence-electron chi connectivity index (χ1n) is 9.19. The van der Waals surface area contributed by atoms with Crippen molar-refractivity contribution in [3.05, 3.63) is 54.1 Å². The molecule has 0 unspecified atom stereocenters. The maximum absolute atomic E-state index is 12.9. The summed E-state index contributed by atoms with van der Waals surface area (Å²) in [5, 5.41) is 2.70. The number of anilines is 2. The third-order valence-electron chi connectivity index (χ3n) is 4.09. The van der Waals surface area contributed by atoms with Gasteiger partial charge in [-0.15, -0.1) is 0 Å². The second-order valence-corrected chi connectivity index (χ2v) is 8.37. The van der Waals surface area contributed by atoms with Crippen LogP contribution in [0.5, 0.6) is 5.75 Å². The van der Waals surface area contributed by atoms with E-state index in [9.17, 15) is 26.4 Å². The molecule has 0 heterocycles. The van der Waals surface area contributed by atoms with Gasteiger partial charge in [-0.3, -0.25) is 9.10 Å². The van der Waals surface area contributed by atoms with E-state index in [-0.39, 0.29) is 31.0 Å². The first kappa shape index (κ1) is 23.5. The van der Waals surface area contributed by atoms with E-state index in [0.717, 1.165) is 28.8 Å². The molecule has 6 nitrogen and oxygen atoms in total. The molecule has 0 saturated heterocycles. The molecule has 10 heteroatoms. The highest BCUT2D eigenvalue weighted by Crippen LogP contribution is 2.32. The van der Waals surface area contributed by atoms with Crippen molar-refractivity contribution >= 4 is 27.3 Å². The van der Waals surface area contributed by atoms with Crippen molar-refractivity contribution in [3.8, 4) is 5.75 Å². The number of hydrogen-bond donors (Lipinski definition) is 1. The third-order valence-corrected chi connectivity index (χ3v) is 5.28. The Balaban J connectivity index is 2.05. The number of nitrogens with zero attached hydrogens (tertiary/aromatic N) is 1. The number of hydrogen-bond acceptors (Lipinski definition) is 4. The molecule has 2 rings (SSSR count). The predicted octanol–water partition coefficient (Wildman–Crippen LogP) is 4.29. The van der Waals surface area contributed by atoms with Crippen molar-refractivity contribution < 1.29 is 31.1 Å². The van der Waals surface area contributed by atoms with Crippen LogP contribution < -0.4 is 14.4 Å². The predicted molar refractivity (Wildman–Crippen MR) is 109 cm³/mol. The molecule has 0 aliphatic heterocycles. The van der Waals surface area contributed by atoms with Crippen LogP contribution in [0.1, 0.15) is 25.3 Å². The Bertz CT molecular complexity index is 978. The van der Waals surface area contributed by atoms with Gasteiger partial charge in [-0.1, -0.05) is 18.2 Å². The van der Waals surface area contributed by atoms with E-state index in [2.05, 4.69) is 5.32 Å². The summed E-state index contributed by atoms with van der Waals surface area (Å²) >= 11 is 0. The molecule has 0 saturated carbocycles. The molecule has 0 spiro atoms. The quantitative estimate of drug-likeness (QED) is 0.626. The third kappa shape index (κ3) is 6.65. The Kier molecular flexibility index (Phi) is 7.71. The molecule has 164 valence electrons. The summed E-state index contributed by atoms with van der Waals surface area (Å²) in [7, 11) is -3.84. The zero-order valence-electron chi connectivity index (χ0n) is 16.6. The van der Waals surface area contributed by atoms with Crippen molar-refractivity contribution in [3.63, 3.8) is 0 Å². The molecular weight excluding hydrogens is 421 g/mol. The molecule has 0 atom stereocenters. The number of rotatable bonds is 9. The Morgan fingerprint density at radius 2 is 1.83 bits per heavy atom. The van der Waals surface area contributed by atoms with Gasteiger partial charge in [-0.25, -0.2) is 8.42 Å². The molecule has 1 amide bonds. The largest absolute Gasteiger partial charge is 0.492 e. The van der Waals surface area contributed by atoms with Crippen molar-refractivity contribution in [2.45, 2.75) is 25.9 Å². The van der Waals surface area contributed by atoms with Gasteiger partial charge in [-0.2, -0.15) is 13.2 Å². The number of carbonyl (C=O) groups excluding carboxylic acids is 1. The van der Waals surface area contributed by atoms with E-state index in [0.29, 0.717) is 18.0 Å². The smallest absolute Gasteiger partial charge is 0.416 e. The minimum atomic E-state index is -4.59. The zero-order chi connectivity index (χ0) is 22.4. The van der Waals surface area contributed by atoms with Crippen LogP contribution in [0.4, 0.5) is 24.5 Å². The number of halogens is 3. The summed E-state index contributed by atoms with van der Waals surface area (Å²) in [5.41, 5.74) is -0.560. The molecule has 30 heavy (non-hydrogen) atoms. The van der Waals surface area contributed by atoms with E-state index in [1.54, 1.807) is 24.3 Å². The molecule has 2 aromatic rings. The van der Waals surface area contributed by atoms with E-state index >= 15 is 0 Å². The molecule has 0 bridgehead atoms. The number of ether oxygens (including phenoxy) is 1. The highest BCUT2D eigenvalue weighted by atomic mass is 32.2. The minimum Gasteiger partial charge on any atom is -0.492 e. The number of amides is 1. The van der Waals surface area contributed by atoms with Crippen LogP contribution in [0.25, 0.3) is 0 Å². The lowest BCUT2D eigenvalue weighted by molar-refractivity contribution is -0.137. The lowest BCUT2D eigenvalue weighted by Gasteiger charge is -2.23. The molecule has 0 aliphatic rings. The normalized spacial score (nSPS) is 11.8. The van der Waals surface area contributed by atoms with Crippen LogP contribution in [-0.2, 0) is 21.0 Å². The van der Waals surface area contributed by atoms with Gasteiger partial charge in [0, 0.05) is 13.0 Å². The summed E-state index contributed by atoms with van der Waals surface area (Å²) in [4.78, 5) is 12.2. The lowest BCUT2D eigenvalue weighted by Crippen LogP contribution is -2.31. The van der Waals surface area contributed by atoms with Crippen molar-refractivity contribution in [1.82, 2.24) is 0 Å². The van der Waals surface area contributed by atoms with Crippen LogP contribution in [0.3, 0.4) is 0 Å². The molecule has 1 N–H and O–H groups in total. The minimum absolute atomic E-state index is 0.0224. The van der Waals surface area contributed by atoms with Gasteiger partial charge in [0.25, 0.3) is 0 Å². The van der Waals surface area contributed by atoms with Gasteiger partial charge in [0.2, 0.25) is 15.9 Å². The van der Waals surface area contributed by atoms with E-state index in [4.69, 9.17) is 4.74 Å². The number of para-hydroxylation sites is 2. The Morgan fingerprint density at radius 3 is 2.47 bits per heavy atom. The van der Waals surface area contributed by atoms with Gasteiger partial charge in [-0.05, 0) is 43.7 Å². The lowest BCUT2D eigenvalue weighted by atomic mass is 10.2. The van der Waals surface area contributed by atoms with Crippen molar-refractivity contribution in [2.75, 3.05) is 29.0 Å². The number of alkyl halides is 3. The standard InChI is InChI=1S/C20H23F3N2O4S/c1-3-29-18-11-5-4-10-17(18)24-19(26)12-7-13-25(30(2,27)28)16-9-6-8-15(14-16)20(21,22)23/h4-6,8-11,14H,3,7,12-13H2,1-2H3,(H,24,26). The SMILES string of the molecule is CCOc1ccccc1NC(=O)CCCN(c1cccc(C(F)(F)F)c1)S(C)(=O)=O. The molecular formula is C20H23F3N2O4S. The molecule has 0 aromatic heterocycles. The second kappa shape index (κ2) is 9.84. The van der Waals surface area contributed by atoms with E-state index in [1.807, 2.05) is 6.92 Å². The summed E-state index contributed by atoms with van der Waals surface area (Å²) in [5.74, 6) is 0.148. The topological polar surface area (TPSA) is 75.7 Å². The van der Waals surface area contributed by atoms with Gasteiger partial charge >= 0.3 is 6.18 Å². The fourth-order valence-corrected chi connectivity index (χ4v) is 3.73. The zero-order valence-corrected chi connectivity index (χ0v) is 17.4. The molecule has 2 aromatic carbocycles. The van der Waals surface area contributed by atoms with Crippen LogP contribution in [0.15, 0.2) is 48.5 Å². The Hall–Kier alpha value is -2.75. The van der Waals surface area contributed by atoms with Crippen LogP contribution >= 0.6 is 0 Å². The van der Waals surface area contributed by atoms with Gasteiger partial charge in [0.1, 0.15) is 5.75 Å². The maximum Gasteiger partial charge on any atom is 0.416 e. The van der Waals surface area contributed by atoms with E-state index < -0.39 is 21.8 Å². The highest BCUT2D eigenvalue weighted by Gasteiger charge is 2.31. The number of sulfonamides is 1. The van der Waals surface area contributed by atoms with Crippen molar-refractivity contribution in [2.24, 2.45) is 0 Å². The summed E-state index contributed by atoms with van der Waals surface area (Å²) in [6.45, 7) is 2.10. The average molecular weight is 444 g/mol. The average Bonchev–Trinajstić information content (AvgIpc) is 2.65. The van der Waals surface area contributed by atoms with Crippen molar-refractivity contribution in [1.29, 1.82) is 0 Å². The monoisotopic (exact) mass is 444 g/mol. The highest BCUT2D eigenvalue weighted by molar-refractivity contribution is 7.92. The summed E-state index contributed by atoms with van der Waals surface area (Å²) in [6, 6.07) is 11.0.